The molecule has 4 heteroatoms. The zero-order chi connectivity index (χ0) is 14.8. The third-order valence-corrected chi connectivity index (χ3v) is 4.38. The molecule has 1 aliphatic rings. The Morgan fingerprint density at radius 3 is 2.48 bits per heavy atom. The van der Waals surface area contributed by atoms with E-state index in [0.29, 0.717) is 24.0 Å². The van der Waals surface area contributed by atoms with Gasteiger partial charge in [-0.3, -0.25) is 0 Å². The van der Waals surface area contributed by atoms with Crippen LogP contribution < -0.4 is 9.47 Å². The number of ether oxygens (including phenoxy) is 2. The molecule has 0 aromatic heterocycles. The van der Waals surface area contributed by atoms with Crippen molar-refractivity contribution in [2.45, 2.75) is 18.7 Å². The highest BCUT2D eigenvalue weighted by atomic mass is 35.5. The topological polar surface area (TPSA) is 18.5 Å². The van der Waals surface area contributed by atoms with Crippen molar-refractivity contribution < 1.29 is 9.47 Å². The lowest BCUT2D eigenvalue weighted by Crippen LogP contribution is -2.15. The van der Waals surface area contributed by atoms with Crippen LogP contribution in [0.4, 0.5) is 0 Å². The lowest BCUT2D eigenvalue weighted by molar-refractivity contribution is 0.171. The van der Waals surface area contributed by atoms with Gasteiger partial charge in [-0.1, -0.05) is 35.9 Å². The third kappa shape index (κ3) is 3.12. The van der Waals surface area contributed by atoms with Crippen LogP contribution in [-0.4, -0.2) is 13.2 Å². The van der Waals surface area contributed by atoms with Crippen molar-refractivity contribution in [3.63, 3.8) is 0 Å². The van der Waals surface area contributed by atoms with E-state index in [-0.39, 0.29) is 5.38 Å². The Kier molecular flexibility index (Phi) is 4.27. The zero-order valence-corrected chi connectivity index (χ0v) is 13.2. The van der Waals surface area contributed by atoms with Gasteiger partial charge in [-0.2, -0.15) is 0 Å². The summed E-state index contributed by atoms with van der Waals surface area (Å²) in [6, 6.07) is 11.9. The van der Waals surface area contributed by atoms with Gasteiger partial charge in [0.1, 0.15) is 13.2 Å². The van der Waals surface area contributed by atoms with Crippen LogP contribution in [-0.2, 0) is 6.42 Å². The summed E-state index contributed by atoms with van der Waals surface area (Å²) in [6.07, 6.45) is 0.730. The first-order valence-electron chi connectivity index (χ1n) is 6.93. The molecular weight excluding hydrogens is 307 g/mol. The minimum Gasteiger partial charge on any atom is -0.486 e. The van der Waals surface area contributed by atoms with Gasteiger partial charge in [0.2, 0.25) is 0 Å². The van der Waals surface area contributed by atoms with E-state index in [1.54, 1.807) is 6.07 Å². The van der Waals surface area contributed by atoms with Gasteiger partial charge < -0.3 is 9.47 Å². The fourth-order valence-corrected chi connectivity index (χ4v) is 3.15. The monoisotopic (exact) mass is 322 g/mol. The molecule has 2 aromatic carbocycles. The van der Waals surface area contributed by atoms with E-state index in [0.717, 1.165) is 17.7 Å². The predicted octanol–water partition coefficient (Wildman–Crippen LogP) is 4.94. The van der Waals surface area contributed by atoms with Gasteiger partial charge in [0, 0.05) is 11.1 Å². The first-order chi connectivity index (χ1) is 10.1. The van der Waals surface area contributed by atoms with Gasteiger partial charge >= 0.3 is 0 Å². The maximum atomic E-state index is 6.58. The molecule has 21 heavy (non-hydrogen) atoms. The smallest absolute Gasteiger partial charge is 0.162 e. The SMILES string of the molecule is Cc1ccccc1CC(Cl)c1cc2c(cc1Cl)OCCO2. The third-order valence-electron chi connectivity index (χ3n) is 3.66. The van der Waals surface area contributed by atoms with Crippen LogP contribution in [0.15, 0.2) is 36.4 Å². The second kappa shape index (κ2) is 6.17. The van der Waals surface area contributed by atoms with Crippen molar-refractivity contribution in [1.82, 2.24) is 0 Å². The van der Waals surface area contributed by atoms with Gasteiger partial charge in [0.15, 0.2) is 11.5 Å². The Hall–Kier alpha value is -1.38. The van der Waals surface area contributed by atoms with E-state index in [1.165, 1.54) is 11.1 Å². The second-order valence-electron chi connectivity index (χ2n) is 5.12. The Balaban J connectivity index is 1.87. The number of halogens is 2. The van der Waals surface area contributed by atoms with Gasteiger partial charge in [0.05, 0.1) is 5.38 Å². The summed E-state index contributed by atoms with van der Waals surface area (Å²) >= 11 is 12.9. The second-order valence-corrected chi connectivity index (χ2v) is 6.05. The Bertz CT molecular complexity index is 655. The average Bonchev–Trinajstić information content (AvgIpc) is 2.49. The van der Waals surface area contributed by atoms with E-state index in [9.17, 15) is 0 Å². The first-order valence-corrected chi connectivity index (χ1v) is 7.74. The standard InChI is InChI=1S/C17H16Cl2O2/c1-11-4-2-3-5-12(11)8-14(18)13-9-16-17(10-15(13)19)21-7-6-20-16/h2-5,9-10,14H,6-8H2,1H3. The molecule has 0 spiro atoms. The normalized spacial score (nSPS) is 14.8. The van der Waals surface area contributed by atoms with Crippen molar-refractivity contribution in [1.29, 1.82) is 0 Å². The molecule has 0 aliphatic carbocycles. The molecule has 1 aliphatic heterocycles. The quantitative estimate of drug-likeness (QED) is 0.745. The summed E-state index contributed by atoms with van der Waals surface area (Å²) in [5.41, 5.74) is 3.34. The van der Waals surface area contributed by atoms with Crippen LogP contribution in [0, 0.1) is 6.92 Å². The van der Waals surface area contributed by atoms with Crippen molar-refractivity contribution in [3.05, 3.63) is 58.1 Å². The first kappa shape index (κ1) is 14.6. The number of benzene rings is 2. The number of hydrogen-bond acceptors (Lipinski definition) is 2. The summed E-state index contributed by atoms with van der Waals surface area (Å²) in [5, 5.41) is 0.419. The van der Waals surface area contributed by atoms with Crippen LogP contribution >= 0.6 is 23.2 Å². The molecule has 0 amide bonds. The number of aryl methyl sites for hydroxylation is 1. The van der Waals surface area contributed by atoms with Crippen LogP contribution in [0.5, 0.6) is 11.5 Å². The largest absolute Gasteiger partial charge is 0.486 e. The molecule has 0 saturated carbocycles. The molecule has 2 nitrogen and oxygen atoms in total. The van der Waals surface area contributed by atoms with E-state index < -0.39 is 0 Å². The molecule has 2 aromatic rings. The Labute approximate surface area is 134 Å². The summed E-state index contributed by atoms with van der Waals surface area (Å²) in [6.45, 7) is 3.19. The molecule has 110 valence electrons. The lowest BCUT2D eigenvalue weighted by atomic mass is 10.00. The minimum absolute atomic E-state index is 0.200. The molecule has 0 radical (unpaired) electrons. The minimum atomic E-state index is -0.200. The molecule has 1 unspecified atom stereocenters. The molecule has 3 rings (SSSR count). The molecule has 0 bridgehead atoms. The van der Waals surface area contributed by atoms with Gasteiger partial charge in [-0.25, -0.2) is 0 Å². The number of fused-ring (bicyclic) bond motifs is 1. The molecule has 1 heterocycles. The summed E-state index contributed by atoms with van der Waals surface area (Å²) in [5.74, 6) is 1.41. The highest BCUT2D eigenvalue weighted by molar-refractivity contribution is 6.33. The van der Waals surface area contributed by atoms with Crippen LogP contribution in [0.2, 0.25) is 5.02 Å². The van der Waals surface area contributed by atoms with Crippen LogP contribution in [0.3, 0.4) is 0 Å². The van der Waals surface area contributed by atoms with Crippen LogP contribution in [0.1, 0.15) is 22.1 Å². The number of hydrogen-bond donors (Lipinski definition) is 0. The summed E-state index contributed by atoms with van der Waals surface area (Å²) < 4.78 is 11.1. The van der Waals surface area contributed by atoms with Gasteiger partial charge in [-0.15, -0.1) is 11.6 Å². The fraction of sp³-hybridized carbons (Fsp3) is 0.294. The maximum Gasteiger partial charge on any atom is 0.162 e. The highest BCUT2D eigenvalue weighted by Gasteiger charge is 2.20. The molecule has 1 atom stereocenters. The van der Waals surface area contributed by atoms with Crippen molar-refractivity contribution >= 4 is 23.2 Å². The van der Waals surface area contributed by atoms with Gasteiger partial charge in [-0.05, 0) is 36.1 Å². The summed E-state index contributed by atoms with van der Waals surface area (Å²) in [7, 11) is 0. The lowest BCUT2D eigenvalue weighted by Gasteiger charge is -2.21. The highest BCUT2D eigenvalue weighted by Crippen LogP contribution is 2.40. The Morgan fingerprint density at radius 1 is 1.10 bits per heavy atom. The summed E-state index contributed by atoms with van der Waals surface area (Å²) in [4.78, 5) is 0. The van der Waals surface area contributed by atoms with Crippen molar-refractivity contribution in [3.8, 4) is 11.5 Å². The van der Waals surface area contributed by atoms with E-state index in [4.69, 9.17) is 32.7 Å². The number of rotatable bonds is 3. The van der Waals surface area contributed by atoms with E-state index in [2.05, 4.69) is 19.1 Å². The molecule has 0 N–H and O–H groups in total. The van der Waals surface area contributed by atoms with E-state index >= 15 is 0 Å². The Morgan fingerprint density at radius 2 is 1.76 bits per heavy atom. The zero-order valence-electron chi connectivity index (χ0n) is 11.7. The fourth-order valence-electron chi connectivity index (χ4n) is 2.46. The number of alkyl halides is 1. The van der Waals surface area contributed by atoms with Crippen molar-refractivity contribution in [2.24, 2.45) is 0 Å². The molecule has 0 fully saturated rings. The van der Waals surface area contributed by atoms with Crippen molar-refractivity contribution in [2.75, 3.05) is 13.2 Å². The maximum absolute atomic E-state index is 6.58. The molecule has 0 saturated heterocycles. The average molecular weight is 323 g/mol. The van der Waals surface area contributed by atoms with E-state index in [1.807, 2.05) is 18.2 Å². The van der Waals surface area contributed by atoms with Crippen LogP contribution in [0.25, 0.3) is 0 Å². The predicted molar refractivity (Wildman–Crippen MR) is 85.9 cm³/mol. The molecular formula is C17H16Cl2O2. The van der Waals surface area contributed by atoms with Gasteiger partial charge in [0.25, 0.3) is 0 Å².